The Labute approximate surface area is 195 Å². The molecular weight excluding hydrogens is 468 g/mol. The van der Waals surface area contributed by atoms with Crippen LogP contribution in [0, 0.1) is 0 Å². The van der Waals surface area contributed by atoms with Gasteiger partial charge < -0.3 is 0 Å². The van der Waals surface area contributed by atoms with Crippen LogP contribution in [0.1, 0.15) is 24.2 Å². The fraction of sp³-hybridized carbons (Fsp3) is 0.227. The van der Waals surface area contributed by atoms with Crippen LogP contribution in [-0.4, -0.2) is 40.9 Å². The number of para-hydroxylation sites is 1. The van der Waals surface area contributed by atoms with E-state index in [1.54, 1.807) is 47.8 Å². The number of hydrogen-bond acceptors (Lipinski definition) is 6. The maximum absolute atomic E-state index is 13.4. The highest BCUT2D eigenvalue weighted by atomic mass is 35.5. The first kappa shape index (κ1) is 22.4. The SMILES string of the molecule is CC(C)S(=O)(=O)c1ccc(C(=O)N(CCn2cccn2)c2nc3c(Cl)cccc3s2)cc1. The summed E-state index contributed by atoms with van der Waals surface area (Å²) in [7, 11) is -3.42. The second-order valence-electron chi connectivity index (χ2n) is 7.43. The average molecular weight is 489 g/mol. The largest absolute Gasteiger partial charge is 0.282 e. The molecule has 0 saturated heterocycles. The van der Waals surface area contributed by atoms with Gasteiger partial charge in [-0.15, -0.1) is 0 Å². The number of thiazole rings is 1. The summed E-state index contributed by atoms with van der Waals surface area (Å²) in [6.45, 7) is 4.07. The summed E-state index contributed by atoms with van der Waals surface area (Å²) in [6, 6.07) is 13.4. The summed E-state index contributed by atoms with van der Waals surface area (Å²) in [5, 5.41) is 4.70. The van der Waals surface area contributed by atoms with Crippen LogP contribution in [0.25, 0.3) is 10.2 Å². The highest BCUT2D eigenvalue weighted by Crippen LogP contribution is 2.33. The Kier molecular flexibility index (Phi) is 6.32. The number of rotatable bonds is 7. The van der Waals surface area contributed by atoms with Crippen LogP contribution in [-0.2, 0) is 16.4 Å². The Bertz CT molecular complexity index is 1350. The Morgan fingerprint density at radius 1 is 1.16 bits per heavy atom. The number of sulfone groups is 1. The number of anilines is 1. The lowest BCUT2D eigenvalue weighted by Gasteiger charge is -2.20. The smallest absolute Gasteiger partial charge is 0.260 e. The van der Waals surface area contributed by atoms with Crippen molar-refractivity contribution in [3.8, 4) is 0 Å². The Balaban J connectivity index is 1.68. The first-order valence-electron chi connectivity index (χ1n) is 9.95. The molecule has 2 aromatic heterocycles. The van der Waals surface area contributed by atoms with Gasteiger partial charge in [0.2, 0.25) is 0 Å². The number of amides is 1. The van der Waals surface area contributed by atoms with E-state index in [2.05, 4.69) is 10.1 Å². The molecule has 0 atom stereocenters. The molecule has 10 heteroatoms. The first-order valence-corrected chi connectivity index (χ1v) is 12.7. The lowest BCUT2D eigenvalue weighted by atomic mass is 10.2. The van der Waals surface area contributed by atoms with E-state index >= 15 is 0 Å². The third-order valence-corrected chi connectivity index (χ3v) is 8.52. The van der Waals surface area contributed by atoms with Crippen molar-refractivity contribution in [2.75, 3.05) is 11.4 Å². The van der Waals surface area contributed by atoms with Gasteiger partial charge >= 0.3 is 0 Å². The van der Waals surface area contributed by atoms with Crippen molar-refractivity contribution in [3.63, 3.8) is 0 Å². The van der Waals surface area contributed by atoms with E-state index in [0.29, 0.717) is 34.3 Å². The molecule has 0 aliphatic heterocycles. The van der Waals surface area contributed by atoms with Crippen LogP contribution in [0.15, 0.2) is 65.8 Å². The molecule has 7 nitrogen and oxygen atoms in total. The van der Waals surface area contributed by atoms with Gasteiger partial charge in [-0.2, -0.15) is 5.10 Å². The molecule has 32 heavy (non-hydrogen) atoms. The van der Waals surface area contributed by atoms with E-state index in [1.165, 1.54) is 23.5 Å². The molecule has 166 valence electrons. The van der Waals surface area contributed by atoms with E-state index in [1.807, 2.05) is 24.4 Å². The van der Waals surface area contributed by atoms with Crippen molar-refractivity contribution in [1.29, 1.82) is 0 Å². The topological polar surface area (TPSA) is 85.2 Å². The monoisotopic (exact) mass is 488 g/mol. The minimum atomic E-state index is -3.42. The van der Waals surface area contributed by atoms with Crippen LogP contribution < -0.4 is 4.90 Å². The van der Waals surface area contributed by atoms with E-state index in [-0.39, 0.29) is 10.8 Å². The predicted molar refractivity (Wildman–Crippen MR) is 127 cm³/mol. The number of carbonyl (C=O) groups is 1. The van der Waals surface area contributed by atoms with Gasteiger partial charge in [0.25, 0.3) is 5.91 Å². The van der Waals surface area contributed by atoms with Crippen molar-refractivity contribution in [1.82, 2.24) is 14.8 Å². The lowest BCUT2D eigenvalue weighted by Crippen LogP contribution is -2.34. The molecule has 2 heterocycles. The summed E-state index contributed by atoms with van der Waals surface area (Å²) in [6.07, 6.45) is 3.50. The molecule has 0 radical (unpaired) electrons. The molecule has 0 aliphatic carbocycles. The number of fused-ring (bicyclic) bond motifs is 1. The van der Waals surface area contributed by atoms with Crippen LogP contribution in [0.4, 0.5) is 5.13 Å². The molecule has 0 aliphatic rings. The molecule has 0 N–H and O–H groups in total. The minimum absolute atomic E-state index is 0.193. The standard InChI is InChI=1S/C22H21ClN4O3S2/c1-15(2)32(29,30)17-9-7-16(8-10-17)21(28)27(14-13-26-12-4-11-24-26)22-25-20-18(23)5-3-6-19(20)31-22/h3-12,15H,13-14H2,1-2H3. The van der Waals surface area contributed by atoms with Gasteiger partial charge in [-0.3, -0.25) is 14.4 Å². The molecule has 1 amide bonds. The zero-order chi connectivity index (χ0) is 22.9. The number of aromatic nitrogens is 3. The van der Waals surface area contributed by atoms with Gasteiger partial charge in [0.05, 0.1) is 26.4 Å². The van der Waals surface area contributed by atoms with Crippen LogP contribution in [0.5, 0.6) is 0 Å². The molecule has 4 aromatic rings. The summed E-state index contributed by atoms with van der Waals surface area (Å²) in [5.74, 6) is -0.277. The van der Waals surface area contributed by atoms with E-state index < -0.39 is 15.1 Å². The summed E-state index contributed by atoms with van der Waals surface area (Å²) >= 11 is 7.66. The maximum Gasteiger partial charge on any atom is 0.260 e. The van der Waals surface area contributed by atoms with E-state index in [0.717, 1.165) is 4.70 Å². The van der Waals surface area contributed by atoms with Gasteiger partial charge in [0.15, 0.2) is 15.0 Å². The van der Waals surface area contributed by atoms with Gasteiger partial charge in [0, 0.05) is 24.5 Å². The zero-order valence-electron chi connectivity index (χ0n) is 17.5. The third-order valence-electron chi connectivity index (χ3n) is 5.00. The van der Waals surface area contributed by atoms with E-state index in [9.17, 15) is 13.2 Å². The summed E-state index contributed by atoms with van der Waals surface area (Å²) < 4.78 is 27.4. The van der Waals surface area contributed by atoms with Gasteiger partial charge in [-0.1, -0.05) is 29.0 Å². The van der Waals surface area contributed by atoms with Gasteiger partial charge in [-0.25, -0.2) is 13.4 Å². The van der Waals surface area contributed by atoms with Crippen molar-refractivity contribution >= 4 is 54.0 Å². The van der Waals surface area contributed by atoms with Gasteiger partial charge in [0.1, 0.15) is 5.52 Å². The highest BCUT2D eigenvalue weighted by Gasteiger charge is 2.24. The molecule has 0 spiro atoms. The number of hydrogen-bond donors (Lipinski definition) is 0. The molecule has 2 aromatic carbocycles. The lowest BCUT2D eigenvalue weighted by molar-refractivity contribution is 0.0985. The fourth-order valence-corrected chi connectivity index (χ4v) is 5.50. The molecule has 0 saturated carbocycles. The van der Waals surface area contributed by atoms with Crippen LogP contribution in [0.2, 0.25) is 5.02 Å². The maximum atomic E-state index is 13.4. The number of halogens is 1. The second kappa shape index (κ2) is 9.01. The predicted octanol–water partition coefficient (Wildman–Crippen LogP) is 4.68. The zero-order valence-corrected chi connectivity index (χ0v) is 19.9. The van der Waals surface area contributed by atoms with Crippen molar-refractivity contribution in [2.45, 2.75) is 30.5 Å². The molecule has 0 fully saturated rings. The van der Waals surface area contributed by atoms with Crippen LogP contribution in [0.3, 0.4) is 0 Å². The average Bonchev–Trinajstić information content (AvgIpc) is 3.44. The molecular formula is C22H21ClN4O3S2. The summed E-state index contributed by atoms with van der Waals surface area (Å²) in [5.41, 5.74) is 1.02. The van der Waals surface area contributed by atoms with Crippen molar-refractivity contribution < 1.29 is 13.2 Å². The number of nitrogens with zero attached hydrogens (tertiary/aromatic N) is 4. The highest BCUT2D eigenvalue weighted by molar-refractivity contribution is 7.92. The number of carbonyl (C=O) groups excluding carboxylic acids is 1. The fourth-order valence-electron chi connectivity index (χ4n) is 3.15. The third kappa shape index (κ3) is 4.41. The van der Waals surface area contributed by atoms with E-state index in [4.69, 9.17) is 11.6 Å². The molecule has 0 bridgehead atoms. The first-order chi connectivity index (χ1) is 15.3. The normalized spacial score (nSPS) is 11.9. The van der Waals surface area contributed by atoms with Crippen molar-refractivity contribution in [2.24, 2.45) is 0 Å². The summed E-state index contributed by atoms with van der Waals surface area (Å²) in [4.78, 5) is 19.8. The Morgan fingerprint density at radius 2 is 1.91 bits per heavy atom. The Hall–Kier alpha value is -2.75. The Morgan fingerprint density at radius 3 is 2.53 bits per heavy atom. The quantitative estimate of drug-likeness (QED) is 0.377. The van der Waals surface area contributed by atoms with Crippen LogP contribution >= 0.6 is 22.9 Å². The molecule has 4 rings (SSSR count). The second-order valence-corrected chi connectivity index (χ2v) is 11.3. The number of benzene rings is 2. The van der Waals surface area contributed by atoms with Crippen molar-refractivity contribution in [3.05, 3.63) is 71.5 Å². The van der Waals surface area contributed by atoms with Gasteiger partial charge in [-0.05, 0) is 56.3 Å². The minimum Gasteiger partial charge on any atom is -0.282 e. The molecule has 0 unspecified atom stereocenters.